The van der Waals surface area contributed by atoms with Crippen molar-refractivity contribution in [2.24, 2.45) is 11.8 Å². The molecular weight excluding hydrogens is 490 g/mol. The van der Waals surface area contributed by atoms with Gasteiger partial charge in [0.15, 0.2) is 15.7 Å². The fourth-order valence-corrected chi connectivity index (χ4v) is 7.18. The van der Waals surface area contributed by atoms with Crippen molar-refractivity contribution in [2.45, 2.75) is 67.6 Å². The number of aliphatic hydroxyl groups excluding tert-OH is 1. The Hall–Kier alpha value is -3.17. The second-order valence-corrected chi connectivity index (χ2v) is 12.3. The lowest BCUT2D eigenvalue weighted by molar-refractivity contribution is -0.117. The van der Waals surface area contributed by atoms with E-state index in [0.717, 1.165) is 31.2 Å². The van der Waals surface area contributed by atoms with Crippen LogP contribution < -0.4 is 5.32 Å². The number of ketones is 1. The number of allylic oxidation sites excluding steroid dienone is 1. The third-order valence-corrected chi connectivity index (χ3v) is 9.64. The highest BCUT2D eigenvalue weighted by atomic mass is 32.2. The molecule has 194 valence electrons. The van der Waals surface area contributed by atoms with Crippen LogP contribution in [-0.4, -0.2) is 40.4 Å². The average molecular weight is 522 g/mol. The number of Topliss-reactive ketones (excluding diaryl/α,β-unsaturated/α-hetero) is 1. The van der Waals surface area contributed by atoms with Crippen LogP contribution >= 0.6 is 0 Å². The van der Waals surface area contributed by atoms with Crippen LogP contribution in [0.4, 0.5) is 5.82 Å². The van der Waals surface area contributed by atoms with Crippen LogP contribution in [0.3, 0.4) is 0 Å². The van der Waals surface area contributed by atoms with Crippen LogP contribution in [0.2, 0.25) is 0 Å². The van der Waals surface area contributed by atoms with Gasteiger partial charge in [-0.3, -0.25) is 14.6 Å². The van der Waals surface area contributed by atoms with Gasteiger partial charge in [0.05, 0.1) is 34.8 Å². The molecule has 0 spiro atoms. The average Bonchev–Trinajstić information content (AvgIpc) is 3.82. The first-order valence-electron chi connectivity index (χ1n) is 12.8. The van der Waals surface area contributed by atoms with Crippen molar-refractivity contribution in [3.63, 3.8) is 0 Å². The monoisotopic (exact) mass is 521 g/mol. The number of aliphatic hydroxyl groups is 1. The number of amides is 1. The Labute approximate surface area is 216 Å². The number of hydrogen-bond acceptors (Lipinski definition) is 7. The van der Waals surface area contributed by atoms with Crippen molar-refractivity contribution in [1.29, 1.82) is 0 Å². The molecule has 2 aromatic rings. The number of hydrogen-bond donors (Lipinski definition) is 2. The van der Waals surface area contributed by atoms with Gasteiger partial charge < -0.3 is 10.4 Å². The van der Waals surface area contributed by atoms with Crippen LogP contribution in [0.15, 0.2) is 54.2 Å². The highest BCUT2D eigenvalue weighted by molar-refractivity contribution is 7.92. The number of nitrogens with zero attached hydrogens (tertiary/aromatic N) is 2. The zero-order valence-electron chi connectivity index (χ0n) is 20.6. The Bertz CT molecular complexity index is 1360. The lowest BCUT2D eigenvalue weighted by Gasteiger charge is -2.18. The number of carbonyl (C=O) groups excluding carboxylic acids is 2. The van der Waals surface area contributed by atoms with E-state index in [-0.39, 0.29) is 36.0 Å². The van der Waals surface area contributed by atoms with Crippen LogP contribution in [0.25, 0.3) is 5.57 Å². The molecule has 3 aliphatic carbocycles. The van der Waals surface area contributed by atoms with E-state index < -0.39 is 21.0 Å². The zero-order chi connectivity index (χ0) is 26.2. The van der Waals surface area contributed by atoms with Gasteiger partial charge >= 0.3 is 0 Å². The normalized spacial score (nSPS) is 21.1. The number of aromatic nitrogens is 2. The van der Waals surface area contributed by atoms with E-state index in [1.165, 1.54) is 12.4 Å². The van der Waals surface area contributed by atoms with E-state index in [2.05, 4.69) is 21.9 Å². The van der Waals surface area contributed by atoms with Gasteiger partial charge in [-0.15, -0.1) is 6.58 Å². The third-order valence-electron chi connectivity index (χ3n) is 7.36. The Morgan fingerprint density at radius 2 is 1.95 bits per heavy atom. The summed E-state index contributed by atoms with van der Waals surface area (Å²) in [6, 6.07) is 5.16. The van der Waals surface area contributed by atoms with E-state index in [1.54, 1.807) is 18.2 Å². The first kappa shape index (κ1) is 25.5. The number of benzene rings is 1. The molecule has 3 saturated carbocycles. The molecule has 1 amide bonds. The molecule has 0 saturated heterocycles. The number of carbonyl (C=O) groups is 2. The minimum atomic E-state index is -3.59. The van der Waals surface area contributed by atoms with E-state index >= 15 is 0 Å². The summed E-state index contributed by atoms with van der Waals surface area (Å²) in [4.78, 5) is 33.9. The summed E-state index contributed by atoms with van der Waals surface area (Å²) in [5, 5.41) is 11.4. The van der Waals surface area contributed by atoms with Gasteiger partial charge in [0.2, 0.25) is 0 Å². The molecule has 0 radical (unpaired) electrons. The van der Waals surface area contributed by atoms with E-state index in [4.69, 9.17) is 0 Å². The van der Waals surface area contributed by atoms with Gasteiger partial charge in [0.1, 0.15) is 5.78 Å². The van der Waals surface area contributed by atoms with Crippen LogP contribution in [0.5, 0.6) is 0 Å². The minimum Gasteiger partial charge on any atom is -0.390 e. The summed E-state index contributed by atoms with van der Waals surface area (Å²) in [7, 11) is -3.59. The standard InChI is InChI=1S/C28H31N3O5S/c1-2-25(19-6-7-19)37(35,36)26-10-8-20(13-23(26)18-4-5-18)24(12-17-3-9-22(33)11-17)28(34)31-27-15-29-21(16-32)14-30-27/h2,8,10,12-15,17-19,25,32H,1,3-7,9,11,16H2,(H,30,31,34)/b24-12+. The maximum absolute atomic E-state index is 13.6. The summed E-state index contributed by atoms with van der Waals surface area (Å²) in [5.74, 6) is 0.184. The fraction of sp³-hybridized carbons (Fsp3) is 0.429. The number of nitrogens with one attached hydrogen (secondary N) is 1. The quantitative estimate of drug-likeness (QED) is 0.358. The van der Waals surface area contributed by atoms with Gasteiger partial charge in [0, 0.05) is 18.4 Å². The number of anilines is 1. The molecule has 3 aliphatic rings. The maximum Gasteiger partial charge on any atom is 0.257 e. The summed E-state index contributed by atoms with van der Waals surface area (Å²) >= 11 is 0. The molecule has 5 rings (SSSR count). The predicted octanol–water partition coefficient (Wildman–Crippen LogP) is 3.98. The Kier molecular flexibility index (Phi) is 7.09. The van der Waals surface area contributed by atoms with E-state index in [1.807, 2.05) is 12.1 Å². The van der Waals surface area contributed by atoms with Gasteiger partial charge in [-0.25, -0.2) is 13.4 Å². The zero-order valence-corrected chi connectivity index (χ0v) is 21.4. The van der Waals surface area contributed by atoms with Gasteiger partial charge in [0.25, 0.3) is 5.91 Å². The fourth-order valence-electron chi connectivity index (χ4n) is 5.04. The topological polar surface area (TPSA) is 126 Å². The molecular formula is C28H31N3O5S. The summed E-state index contributed by atoms with van der Waals surface area (Å²) in [5.41, 5.74) is 2.12. The smallest absolute Gasteiger partial charge is 0.257 e. The molecule has 3 fully saturated rings. The Morgan fingerprint density at radius 1 is 1.16 bits per heavy atom. The molecule has 2 unspecified atom stereocenters. The van der Waals surface area contributed by atoms with E-state index in [9.17, 15) is 23.1 Å². The molecule has 2 N–H and O–H groups in total. The van der Waals surface area contributed by atoms with Crippen molar-refractivity contribution in [3.8, 4) is 0 Å². The molecule has 1 heterocycles. The van der Waals surface area contributed by atoms with Crippen LogP contribution in [-0.2, 0) is 26.0 Å². The predicted molar refractivity (Wildman–Crippen MR) is 139 cm³/mol. The molecule has 0 bridgehead atoms. The third kappa shape index (κ3) is 5.57. The van der Waals surface area contributed by atoms with Crippen molar-refractivity contribution >= 4 is 32.9 Å². The van der Waals surface area contributed by atoms with Crippen molar-refractivity contribution < 1.29 is 23.1 Å². The highest BCUT2D eigenvalue weighted by Crippen LogP contribution is 2.46. The second-order valence-electron chi connectivity index (χ2n) is 10.2. The molecule has 8 nitrogen and oxygen atoms in total. The highest BCUT2D eigenvalue weighted by Gasteiger charge is 2.41. The molecule has 1 aromatic heterocycles. The lowest BCUT2D eigenvalue weighted by atomic mass is 9.95. The molecule has 2 atom stereocenters. The van der Waals surface area contributed by atoms with Crippen LogP contribution in [0, 0.1) is 11.8 Å². The minimum absolute atomic E-state index is 0.0658. The van der Waals surface area contributed by atoms with Gasteiger partial charge in [-0.1, -0.05) is 18.2 Å². The molecule has 37 heavy (non-hydrogen) atoms. The second kappa shape index (κ2) is 10.3. The van der Waals surface area contributed by atoms with Crippen molar-refractivity contribution in [1.82, 2.24) is 9.97 Å². The Balaban J connectivity index is 1.51. The molecule has 0 aliphatic heterocycles. The summed E-state index contributed by atoms with van der Waals surface area (Å²) in [6.45, 7) is 3.54. The maximum atomic E-state index is 13.6. The van der Waals surface area contributed by atoms with Gasteiger partial charge in [-0.05, 0) is 73.1 Å². The van der Waals surface area contributed by atoms with Gasteiger partial charge in [-0.2, -0.15) is 0 Å². The lowest BCUT2D eigenvalue weighted by Crippen LogP contribution is -2.22. The van der Waals surface area contributed by atoms with Crippen molar-refractivity contribution in [2.75, 3.05) is 5.32 Å². The molecule has 9 heteroatoms. The van der Waals surface area contributed by atoms with Crippen molar-refractivity contribution in [3.05, 3.63) is 66.1 Å². The first-order chi connectivity index (χ1) is 17.8. The Morgan fingerprint density at radius 3 is 2.51 bits per heavy atom. The largest absolute Gasteiger partial charge is 0.390 e. The number of rotatable bonds is 10. The SMILES string of the molecule is C=CC(C1CC1)S(=O)(=O)c1ccc(/C(=C\C2CCC(=O)C2)C(=O)Nc2cnc(CO)cn2)cc1C1CC1. The van der Waals surface area contributed by atoms with Crippen LogP contribution in [0.1, 0.15) is 67.7 Å². The summed E-state index contributed by atoms with van der Waals surface area (Å²) < 4.78 is 27.2. The first-order valence-corrected chi connectivity index (χ1v) is 14.3. The van der Waals surface area contributed by atoms with E-state index in [0.29, 0.717) is 41.0 Å². The summed E-state index contributed by atoms with van der Waals surface area (Å²) in [6.07, 6.45) is 11.3. The number of sulfone groups is 1. The molecule has 1 aromatic carbocycles.